The molecule has 1 aromatic heterocycles. The number of nitrogens with zero attached hydrogens (tertiary/aromatic N) is 3. The molecule has 1 aromatic carbocycles. The zero-order chi connectivity index (χ0) is 24.8. The lowest BCUT2D eigenvalue weighted by molar-refractivity contribution is 0.0986. The van der Waals surface area contributed by atoms with Crippen LogP contribution < -0.4 is 10.5 Å². The van der Waals surface area contributed by atoms with Crippen molar-refractivity contribution in [2.24, 2.45) is 16.6 Å². The summed E-state index contributed by atoms with van der Waals surface area (Å²) in [6.07, 6.45) is 6.25. The number of ketones is 1. The van der Waals surface area contributed by atoms with Gasteiger partial charge in [0.15, 0.2) is 28.7 Å². The fourth-order valence-electron chi connectivity index (χ4n) is 4.46. The highest BCUT2D eigenvalue weighted by molar-refractivity contribution is 8.15. The highest BCUT2D eigenvalue weighted by Crippen LogP contribution is 2.66. The minimum atomic E-state index is -1.24. The third-order valence-corrected chi connectivity index (χ3v) is 7.57. The molecule has 0 bridgehead atoms. The first-order valence-electron chi connectivity index (χ1n) is 10.6. The Morgan fingerprint density at radius 2 is 2.18 bits per heavy atom. The molecule has 0 radical (unpaired) electrons. The van der Waals surface area contributed by atoms with Gasteiger partial charge in [-0.2, -0.15) is 0 Å². The Morgan fingerprint density at radius 1 is 1.44 bits per heavy atom. The standard InChI is InChI=1S/C24H23F3N4O2S/c1-5-12(2)33-19-10-29-21(13(3)30-19)17(32)8-14-6-15(20(27)16(26)7-14)23(4)18-9-24(18,11-25)34-22(28)31-23/h1,6-7,10,12,18H,8-9,11H2,2-4H3,(H2,28,31)/t12-,18-,23+,24+/m0/s1. The number of amidine groups is 1. The molecule has 0 spiro atoms. The number of carbonyl (C=O) groups excluding carboxylic acids is 1. The number of rotatable bonds is 7. The zero-order valence-corrected chi connectivity index (χ0v) is 19.7. The first-order chi connectivity index (χ1) is 16.0. The van der Waals surface area contributed by atoms with Crippen LogP contribution in [0.4, 0.5) is 13.2 Å². The molecular formula is C24H23F3N4O2S. The average molecular weight is 489 g/mol. The minimum Gasteiger partial charge on any atom is -0.460 e. The van der Waals surface area contributed by atoms with Gasteiger partial charge >= 0.3 is 0 Å². The van der Waals surface area contributed by atoms with Crippen molar-refractivity contribution >= 4 is 22.7 Å². The smallest absolute Gasteiger partial charge is 0.233 e. The number of thioether (sulfide) groups is 1. The maximum atomic E-state index is 14.9. The molecule has 1 aliphatic heterocycles. The maximum Gasteiger partial charge on any atom is 0.233 e. The fourth-order valence-corrected chi connectivity index (χ4v) is 5.79. The van der Waals surface area contributed by atoms with Crippen LogP contribution in [0.5, 0.6) is 5.88 Å². The number of aryl methyl sites for hydroxylation is 1. The molecule has 2 N–H and O–H groups in total. The number of halogens is 3. The predicted octanol–water partition coefficient (Wildman–Crippen LogP) is 3.89. The molecule has 0 amide bonds. The van der Waals surface area contributed by atoms with Gasteiger partial charge in [-0.15, -0.1) is 6.42 Å². The van der Waals surface area contributed by atoms with Gasteiger partial charge in [-0.25, -0.2) is 23.1 Å². The molecule has 4 atom stereocenters. The summed E-state index contributed by atoms with van der Waals surface area (Å²) in [5.74, 6) is -0.396. The van der Waals surface area contributed by atoms with Crippen LogP contribution in [0, 0.1) is 36.8 Å². The molecule has 1 fully saturated rings. The predicted molar refractivity (Wildman–Crippen MR) is 123 cm³/mol. The second-order valence-electron chi connectivity index (χ2n) is 8.76. The van der Waals surface area contributed by atoms with Gasteiger partial charge in [-0.05, 0) is 44.9 Å². The van der Waals surface area contributed by atoms with Gasteiger partial charge in [-0.3, -0.25) is 9.79 Å². The van der Waals surface area contributed by atoms with E-state index in [1.807, 2.05) is 0 Å². The Morgan fingerprint density at radius 3 is 2.82 bits per heavy atom. The number of nitrogens with two attached hydrogens (primary N) is 1. The van der Waals surface area contributed by atoms with E-state index in [0.717, 1.165) is 17.8 Å². The van der Waals surface area contributed by atoms with E-state index < -0.39 is 40.5 Å². The molecule has 34 heavy (non-hydrogen) atoms. The van der Waals surface area contributed by atoms with Crippen molar-refractivity contribution in [1.82, 2.24) is 9.97 Å². The summed E-state index contributed by atoms with van der Waals surface area (Å²) < 4.78 is 47.9. The topological polar surface area (TPSA) is 90.5 Å². The lowest BCUT2D eigenvalue weighted by atomic mass is 9.84. The summed E-state index contributed by atoms with van der Waals surface area (Å²) in [5.41, 5.74) is 5.25. The average Bonchev–Trinajstić information content (AvgIpc) is 3.51. The number of hydrogen-bond donors (Lipinski definition) is 1. The summed E-state index contributed by atoms with van der Waals surface area (Å²) in [5, 5.41) is 0.127. The Labute approximate surface area is 199 Å². The molecule has 2 heterocycles. The summed E-state index contributed by atoms with van der Waals surface area (Å²) in [4.78, 5) is 25.6. The van der Waals surface area contributed by atoms with E-state index in [4.69, 9.17) is 16.9 Å². The second-order valence-corrected chi connectivity index (χ2v) is 10.2. The number of fused-ring (bicyclic) bond motifs is 1. The number of carbonyl (C=O) groups is 1. The third-order valence-electron chi connectivity index (χ3n) is 6.30. The van der Waals surface area contributed by atoms with Crippen LogP contribution in [0.25, 0.3) is 0 Å². The second kappa shape index (κ2) is 8.62. The van der Waals surface area contributed by atoms with Gasteiger partial charge in [-0.1, -0.05) is 17.7 Å². The highest BCUT2D eigenvalue weighted by atomic mass is 32.2. The van der Waals surface area contributed by atoms with Crippen LogP contribution in [0.15, 0.2) is 23.3 Å². The van der Waals surface area contributed by atoms with E-state index in [-0.39, 0.29) is 40.2 Å². The molecule has 6 nitrogen and oxygen atoms in total. The number of ether oxygens (including phenoxy) is 1. The Balaban J connectivity index is 1.63. The number of terminal acetylenes is 1. The van der Waals surface area contributed by atoms with Crippen LogP contribution in [0.2, 0.25) is 0 Å². The van der Waals surface area contributed by atoms with E-state index in [0.29, 0.717) is 12.1 Å². The van der Waals surface area contributed by atoms with Gasteiger partial charge in [0.1, 0.15) is 12.4 Å². The summed E-state index contributed by atoms with van der Waals surface area (Å²) >= 11 is 1.14. The highest BCUT2D eigenvalue weighted by Gasteiger charge is 2.66. The number of Topliss-reactive ketones (excluding diaryl/α,β-unsaturated/α-hetero) is 1. The first-order valence-corrected chi connectivity index (χ1v) is 11.4. The molecule has 1 saturated carbocycles. The van der Waals surface area contributed by atoms with E-state index in [1.54, 1.807) is 20.8 Å². The van der Waals surface area contributed by atoms with Crippen molar-refractivity contribution in [1.29, 1.82) is 0 Å². The number of aromatic nitrogens is 2. The molecule has 2 aliphatic rings. The van der Waals surface area contributed by atoms with Crippen molar-refractivity contribution in [3.63, 3.8) is 0 Å². The molecule has 10 heteroatoms. The molecule has 2 aromatic rings. The molecule has 0 saturated heterocycles. The molecule has 1 aliphatic carbocycles. The van der Waals surface area contributed by atoms with Crippen molar-refractivity contribution in [3.8, 4) is 18.2 Å². The number of benzene rings is 1. The Kier molecular flexibility index (Phi) is 6.10. The van der Waals surface area contributed by atoms with Crippen LogP contribution in [0.1, 0.15) is 47.6 Å². The third kappa shape index (κ3) is 4.13. The van der Waals surface area contributed by atoms with Gasteiger partial charge in [0, 0.05) is 17.9 Å². The molecule has 4 rings (SSSR count). The molecular weight excluding hydrogens is 465 g/mol. The minimum absolute atomic E-state index is 0.0475. The quantitative estimate of drug-likeness (QED) is 0.470. The number of hydrogen-bond acceptors (Lipinski definition) is 7. The summed E-state index contributed by atoms with van der Waals surface area (Å²) in [6.45, 7) is 4.23. The molecule has 178 valence electrons. The van der Waals surface area contributed by atoms with Crippen LogP contribution in [-0.2, 0) is 12.0 Å². The van der Waals surface area contributed by atoms with Crippen molar-refractivity contribution < 1.29 is 22.7 Å². The van der Waals surface area contributed by atoms with Gasteiger partial charge in [0.2, 0.25) is 5.88 Å². The van der Waals surface area contributed by atoms with Crippen molar-refractivity contribution in [2.75, 3.05) is 6.67 Å². The SMILES string of the molecule is C#C[C@H](C)Oc1cnc(C(=O)Cc2cc(F)c(F)c([C@@]3(C)N=C(N)S[C@@]4(CF)C[C@H]43)c2)c(C)n1. The van der Waals surface area contributed by atoms with Crippen LogP contribution in [0.3, 0.4) is 0 Å². The van der Waals surface area contributed by atoms with Gasteiger partial charge in [0.25, 0.3) is 0 Å². The number of aliphatic imine (C=N–C) groups is 1. The zero-order valence-electron chi connectivity index (χ0n) is 18.9. The van der Waals surface area contributed by atoms with E-state index in [2.05, 4.69) is 20.9 Å². The summed E-state index contributed by atoms with van der Waals surface area (Å²) in [6, 6.07) is 2.37. The lowest BCUT2D eigenvalue weighted by Gasteiger charge is -2.33. The number of alkyl halides is 1. The van der Waals surface area contributed by atoms with Crippen LogP contribution >= 0.6 is 11.8 Å². The van der Waals surface area contributed by atoms with E-state index >= 15 is 0 Å². The monoisotopic (exact) mass is 488 g/mol. The van der Waals surface area contributed by atoms with E-state index in [1.165, 1.54) is 12.3 Å². The largest absolute Gasteiger partial charge is 0.460 e. The fraction of sp³-hybridized carbons (Fsp3) is 0.417. The van der Waals surface area contributed by atoms with E-state index in [9.17, 15) is 18.0 Å². The lowest BCUT2D eigenvalue weighted by Crippen LogP contribution is -2.37. The van der Waals surface area contributed by atoms with Crippen molar-refractivity contribution in [2.45, 2.75) is 50.0 Å². The van der Waals surface area contributed by atoms with Crippen LogP contribution in [-0.4, -0.2) is 38.4 Å². The van der Waals surface area contributed by atoms with Gasteiger partial charge < -0.3 is 10.5 Å². The summed E-state index contributed by atoms with van der Waals surface area (Å²) in [7, 11) is 0. The Hall–Kier alpha value is -3.06. The Bertz CT molecular complexity index is 1250. The van der Waals surface area contributed by atoms with Crippen molar-refractivity contribution in [3.05, 3.63) is 52.5 Å². The maximum absolute atomic E-state index is 14.9. The normalized spacial score (nSPS) is 26.1. The molecule has 0 unspecified atom stereocenters. The first kappa shape index (κ1) is 24.1. The van der Waals surface area contributed by atoms with Gasteiger partial charge in [0.05, 0.1) is 22.2 Å².